The average molecular weight is 297 g/mol. The maximum Gasteiger partial charge on any atom is 0.215 e. The number of rotatable bonds is 5. The Morgan fingerprint density at radius 2 is 2.00 bits per heavy atom. The second kappa shape index (κ2) is 5.79. The van der Waals surface area contributed by atoms with Gasteiger partial charge in [0.1, 0.15) is 10.8 Å². The van der Waals surface area contributed by atoms with E-state index in [1.54, 1.807) is 0 Å². The normalized spacial score (nSPS) is 11.7. The fourth-order valence-corrected chi connectivity index (χ4v) is 3.77. The fraction of sp³-hybridized carbons (Fsp3) is 0.250. The Bertz CT molecular complexity index is 651. The Labute approximate surface area is 116 Å². The highest BCUT2D eigenvalue weighted by Gasteiger charge is 2.15. The van der Waals surface area contributed by atoms with Gasteiger partial charge >= 0.3 is 0 Å². The maximum atomic E-state index is 11.1. The summed E-state index contributed by atoms with van der Waals surface area (Å²) in [4.78, 5) is 5.41. The van der Waals surface area contributed by atoms with Crippen molar-refractivity contribution in [2.24, 2.45) is 5.14 Å². The van der Waals surface area contributed by atoms with E-state index in [1.165, 1.54) is 11.3 Å². The highest BCUT2D eigenvalue weighted by molar-refractivity contribution is 7.88. The highest BCUT2D eigenvalue weighted by Crippen LogP contribution is 2.28. The Morgan fingerprint density at radius 1 is 1.32 bits per heavy atom. The van der Waals surface area contributed by atoms with Gasteiger partial charge in [-0.2, -0.15) is 0 Å². The van der Waals surface area contributed by atoms with Gasteiger partial charge in [-0.3, -0.25) is 0 Å². The van der Waals surface area contributed by atoms with Crippen LogP contribution in [-0.2, 0) is 22.3 Å². The predicted molar refractivity (Wildman–Crippen MR) is 77.1 cm³/mol. The molecule has 0 radical (unpaired) electrons. The molecule has 0 saturated carbocycles. The molecule has 2 aromatic rings. The third-order valence-electron chi connectivity index (χ3n) is 2.45. The molecular weight excluding hydrogens is 282 g/mol. The molecule has 102 valence electrons. The van der Waals surface area contributed by atoms with Crippen LogP contribution in [0.5, 0.6) is 0 Å². The number of benzene rings is 1. The van der Waals surface area contributed by atoms with E-state index in [0.29, 0.717) is 11.6 Å². The minimum absolute atomic E-state index is 0.221. The largest absolute Gasteiger partial charge is 0.315 e. The molecule has 0 saturated heterocycles. The zero-order valence-electron chi connectivity index (χ0n) is 10.5. The Balaban J connectivity index is 2.42. The van der Waals surface area contributed by atoms with Gasteiger partial charge in [-0.1, -0.05) is 30.3 Å². The van der Waals surface area contributed by atoms with E-state index in [1.807, 2.05) is 37.4 Å². The average Bonchev–Trinajstić information content (AvgIpc) is 2.71. The lowest BCUT2D eigenvalue weighted by Crippen LogP contribution is -2.14. The summed E-state index contributed by atoms with van der Waals surface area (Å²) in [5.41, 5.74) is 1.79. The predicted octanol–water partition coefficient (Wildman–Crippen LogP) is 1.32. The molecule has 1 heterocycles. The lowest BCUT2D eigenvalue weighted by atomic mass is 10.1. The van der Waals surface area contributed by atoms with Crippen LogP contribution < -0.4 is 10.5 Å². The van der Waals surface area contributed by atoms with E-state index in [2.05, 4.69) is 10.3 Å². The number of nitrogens with zero attached hydrogens (tertiary/aromatic N) is 1. The lowest BCUT2D eigenvalue weighted by molar-refractivity contribution is 0.597. The van der Waals surface area contributed by atoms with Crippen LogP contribution in [0.2, 0.25) is 0 Å². The Hall–Kier alpha value is -1.28. The van der Waals surface area contributed by atoms with Crippen molar-refractivity contribution in [3.05, 3.63) is 40.2 Å². The van der Waals surface area contributed by atoms with Crippen LogP contribution in [0.4, 0.5) is 0 Å². The van der Waals surface area contributed by atoms with Crippen LogP contribution >= 0.6 is 11.3 Å². The maximum absolute atomic E-state index is 11.1. The summed E-state index contributed by atoms with van der Waals surface area (Å²) >= 11 is 1.37. The fourth-order valence-electron chi connectivity index (χ4n) is 1.74. The highest BCUT2D eigenvalue weighted by atomic mass is 32.2. The van der Waals surface area contributed by atoms with Crippen LogP contribution in [0, 0.1) is 0 Å². The number of thiazole rings is 1. The minimum Gasteiger partial charge on any atom is -0.315 e. The smallest absolute Gasteiger partial charge is 0.215 e. The van der Waals surface area contributed by atoms with Crippen molar-refractivity contribution in [3.8, 4) is 11.3 Å². The zero-order valence-corrected chi connectivity index (χ0v) is 12.1. The molecule has 0 atom stereocenters. The van der Waals surface area contributed by atoms with Gasteiger partial charge in [0.15, 0.2) is 0 Å². The quantitative estimate of drug-likeness (QED) is 0.871. The topological polar surface area (TPSA) is 85.1 Å². The molecule has 0 aliphatic heterocycles. The van der Waals surface area contributed by atoms with Gasteiger partial charge < -0.3 is 5.32 Å². The molecule has 2 rings (SSSR count). The lowest BCUT2D eigenvalue weighted by Gasteiger charge is -2.00. The summed E-state index contributed by atoms with van der Waals surface area (Å²) in [7, 11) is -1.71. The molecule has 3 N–H and O–H groups in total. The SMILES string of the molecule is CNCc1sc(CS(N)(=O)=O)nc1-c1ccccc1. The molecule has 0 aliphatic carbocycles. The van der Waals surface area contributed by atoms with Gasteiger partial charge in [0.2, 0.25) is 10.0 Å². The van der Waals surface area contributed by atoms with E-state index in [9.17, 15) is 8.42 Å². The van der Waals surface area contributed by atoms with E-state index in [-0.39, 0.29) is 5.75 Å². The number of hydrogen-bond acceptors (Lipinski definition) is 5. The van der Waals surface area contributed by atoms with Gasteiger partial charge in [-0.15, -0.1) is 11.3 Å². The van der Waals surface area contributed by atoms with E-state index in [4.69, 9.17) is 5.14 Å². The van der Waals surface area contributed by atoms with E-state index in [0.717, 1.165) is 16.1 Å². The molecule has 0 fully saturated rings. The summed E-state index contributed by atoms with van der Waals surface area (Å²) < 4.78 is 22.3. The third kappa shape index (κ3) is 3.84. The molecule has 19 heavy (non-hydrogen) atoms. The van der Waals surface area contributed by atoms with Crippen LogP contribution in [0.3, 0.4) is 0 Å². The number of primary sulfonamides is 1. The molecule has 0 spiro atoms. The minimum atomic E-state index is -3.55. The number of sulfonamides is 1. The second-order valence-corrected chi connectivity index (χ2v) is 6.87. The summed E-state index contributed by atoms with van der Waals surface area (Å²) in [6, 6.07) is 9.69. The molecule has 0 unspecified atom stereocenters. The monoisotopic (exact) mass is 297 g/mol. The Morgan fingerprint density at radius 3 is 2.58 bits per heavy atom. The van der Waals surface area contributed by atoms with Gasteiger partial charge in [-0.05, 0) is 7.05 Å². The van der Waals surface area contributed by atoms with Crippen molar-refractivity contribution in [3.63, 3.8) is 0 Å². The standard InChI is InChI=1S/C12H15N3O2S2/c1-14-7-10-12(9-5-3-2-4-6-9)15-11(18-10)8-19(13,16)17/h2-6,14H,7-8H2,1H3,(H2,13,16,17). The van der Waals surface area contributed by atoms with Gasteiger partial charge in [0.25, 0.3) is 0 Å². The first-order valence-electron chi connectivity index (χ1n) is 5.68. The van der Waals surface area contributed by atoms with Crippen molar-refractivity contribution >= 4 is 21.4 Å². The second-order valence-electron chi connectivity index (χ2n) is 4.08. The Kier molecular flexibility index (Phi) is 4.31. The van der Waals surface area contributed by atoms with Crippen molar-refractivity contribution in [1.82, 2.24) is 10.3 Å². The number of nitrogens with one attached hydrogen (secondary N) is 1. The third-order valence-corrected chi connectivity index (χ3v) is 4.36. The van der Waals surface area contributed by atoms with E-state index >= 15 is 0 Å². The first kappa shape index (κ1) is 14.1. The first-order chi connectivity index (χ1) is 8.99. The molecule has 1 aromatic heterocycles. The first-order valence-corrected chi connectivity index (χ1v) is 8.22. The molecule has 5 nitrogen and oxygen atoms in total. The van der Waals surface area contributed by atoms with Crippen LogP contribution in [0.25, 0.3) is 11.3 Å². The summed E-state index contributed by atoms with van der Waals surface area (Å²) in [5.74, 6) is -0.221. The van der Waals surface area contributed by atoms with Gasteiger partial charge in [0.05, 0.1) is 5.69 Å². The molecule has 0 aliphatic rings. The van der Waals surface area contributed by atoms with Gasteiger partial charge in [0, 0.05) is 17.0 Å². The van der Waals surface area contributed by atoms with Crippen LogP contribution in [-0.4, -0.2) is 20.4 Å². The van der Waals surface area contributed by atoms with Crippen molar-refractivity contribution in [1.29, 1.82) is 0 Å². The van der Waals surface area contributed by atoms with Crippen molar-refractivity contribution in [2.45, 2.75) is 12.3 Å². The molecule has 0 amide bonds. The number of nitrogens with two attached hydrogens (primary N) is 1. The summed E-state index contributed by atoms with van der Waals surface area (Å²) in [6.07, 6.45) is 0. The van der Waals surface area contributed by atoms with Crippen LogP contribution in [0.1, 0.15) is 9.88 Å². The van der Waals surface area contributed by atoms with E-state index < -0.39 is 10.0 Å². The molecule has 7 heteroatoms. The summed E-state index contributed by atoms with van der Waals surface area (Å²) in [5, 5.41) is 8.64. The molecule has 1 aromatic carbocycles. The summed E-state index contributed by atoms with van der Waals surface area (Å²) in [6.45, 7) is 0.645. The molecular formula is C12H15N3O2S2. The van der Waals surface area contributed by atoms with Crippen molar-refractivity contribution < 1.29 is 8.42 Å². The zero-order chi connectivity index (χ0) is 13.9. The number of hydrogen-bond donors (Lipinski definition) is 2. The van der Waals surface area contributed by atoms with Crippen LogP contribution in [0.15, 0.2) is 30.3 Å². The van der Waals surface area contributed by atoms with Crippen molar-refractivity contribution in [2.75, 3.05) is 7.05 Å². The molecule has 0 bridgehead atoms. The van der Waals surface area contributed by atoms with Gasteiger partial charge in [-0.25, -0.2) is 18.5 Å². The number of aromatic nitrogens is 1.